The van der Waals surface area contributed by atoms with Crippen molar-refractivity contribution in [3.05, 3.63) is 111 Å². The Labute approximate surface area is 301 Å². The molecule has 0 bridgehead atoms. The van der Waals surface area contributed by atoms with Crippen LogP contribution in [0.1, 0.15) is 65.4 Å². The maximum absolute atomic E-state index is 13.6. The molecule has 14 heteroatoms. The highest BCUT2D eigenvalue weighted by Gasteiger charge is 2.23. The molecule has 2 aromatic heterocycles. The van der Waals surface area contributed by atoms with Gasteiger partial charge in [-0.3, -0.25) is 19.1 Å². The zero-order chi connectivity index (χ0) is 37.9. The van der Waals surface area contributed by atoms with Crippen LogP contribution < -0.4 is 26.5 Å². The van der Waals surface area contributed by atoms with Crippen LogP contribution in [0.3, 0.4) is 0 Å². The van der Waals surface area contributed by atoms with E-state index < -0.39 is 24.2 Å². The molecule has 4 rings (SSSR count). The lowest BCUT2D eigenvalue weighted by molar-refractivity contribution is -0.160. The van der Waals surface area contributed by atoms with E-state index in [-0.39, 0.29) is 42.0 Å². The van der Waals surface area contributed by atoms with Crippen molar-refractivity contribution in [2.45, 2.75) is 67.3 Å². The predicted octanol–water partition coefficient (Wildman–Crippen LogP) is 4.54. The fourth-order valence-electron chi connectivity index (χ4n) is 5.37. The molecule has 52 heavy (non-hydrogen) atoms. The zero-order valence-electron chi connectivity index (χ0n) is 30.4. The second-order valence-electron chi connectivity index (χ2n) is 11.6. The quantitative estimate of drug-likeness (QED) is 0.137. The maximum atomic E-state index is 13.6. The fraction of sp³-hybridized carbons (Fsp3) is 0.316. The van der Waals surface area contributed by atoms with E-state index in [4.69, 9.17) is 23.5 Å². The number of aliphatic imine (C=N–C) groups is 1. The van der Waals surface area contributed by atoms with Crippen molar-refractivity contribution < 1.29 is 33.1 Å². The summed E-state index contributed by atoms with van der Waals surface area (Å²) in [4.78, 5) is 49.3. The van der Waals surface area contributed by atoms with Crippen LogP contribution in [0, 0.1) is 0 Å². The van der Waals surface area contributed by atoms with Crippen LogP contribution >= 0.6 is 0 Å². The maximum Gasteiger partial charge on any atom is 0.511 e. The molecule has 2 N–H and O–H groups in total. The number of hydrogen-bond donors (Lipinski definition) is 2. The van der Waals surface area contributed by atoms with Crippen molar-refractivity contribution in [3.8, 4) is 6.01 Å². The minimum atomic E-state index is -1.29. The van der Waals surface area contributed by atoms with E-state index in [0.29, 0.717) is 23.2 Å². The molecule has 0 saturated heterocycles. The summed E-state index contributed by atoms with van der Waals surface area (Å²) in [5, 5.41) is 7.74. The molecule has 0 amide bonds. The van der Waals surface area contributed by atoms with E-state index in [1.165, 1.54) is 6.92 Å². The van der Waals surface area contributed by atoms with Gasteiger partial charge in [-0.2, -0.15) is 4.98 Å². The van der Waals surface area contributed by atoms with Crippen molar-refractivity contribution >= 4 is 41.1 Å². The standard InChI is InChI=1S/C38H44N6O8/c1-10-14-30(34-42-37(46)52-43-34)29(12-3)28-18-16-27(17-19-28)20-44-33(25(8)41-36(44)48-13-4)31(15-11-2)35(45)50-26(9)51-38(47)49-21-32-24(7)39-22(5)23(6)40-32/h10-12,14-19,22,26,39H,1,8,13,20-21H2,2-7,9H3,(H,42,43,46)/b15-11-,29-12-,30-14+,33-31-. The van der Waals surface area contributed by atoms with Gasteiger partial charge in [-0.05, 0) is 64.3 Å². The summed E-state index contributed by atoms with van der Waals surface area (Å²) >= 11 is 0. The highest BCUT2D eigenvalue weighted by molar-refractivity contribution is 6.13. The molecule has 0 spiro atoms. The van der Waals surface area contributed by atoms with E-state index in [9.17, 15) is 14.4 Å². The summed E-state index contributed by atoms with van der Waals surface area (Å²) in [6.07, 6.45) is 6.16. The van der Waals surface area contributed by atoms with Crippen LogP contribution in [-0.4, -0.2) is 63.1 Å². The highest BCUT2D eigenvalue weighted by Crippen LogP contribution is 2.29. The lowest BCUT2D eigenvalue weighted by atomic mass is 9.95. The molecule has 2 unspecified atom stereocenters. The summed E-state index contributed by atoms with van der Waals surface area (Å²) < 4.78 is 28.3. The Bertz CT molecular complexity index is 2130. The van der Waals surface area contributed by atoms with Gasteiger partial charge in [-0.25, -0.2) is 14.4 Å². The Morgan fingerprint density at radius 1 is 1.13 bits per heavy atom. The van der Waals surface area contributed by atoms with Gasteiger partial charge < -0.3 is 24.3 Å². The minimum Gasteiger partial charge on any atom is -0.465 e. The lowest BCUT2D eigenvalue weighted by Crippen LogP contribution is -2.36. The van der Waals surface area contributed by atoms with Gasteiger partial charge in [0.05, 0.1) is 41.2 Å². The largest absolute Gasteiger partial charge is 0.511 e. The number of hydrogen-bond acceptors (Lipinski definition) is 12. The van der Waals surface area contributed by atoms with Crippen LogP contribution in [0.25, 0.3) is 23.3 Å². The number of H-pyrrole nitrogens is 1. The number of ether oxygens (including phenoxy) is 4. The second-order valence-corrected chi connectivity index (χ2v) is 11.6. The predicted molar refractivity (Wildman–Crippen MR) is 197 cm³/mol. The third-order valence-corrected chi connectivity index (χ3v) is 7.92. The smallest absolute Gasteiger partial charge is 0.465 e. The van der Waals surface area contributed by atoms with Crippen molar-refractivity contribution in [3.63, 3.8) is 0 Å². The Morgan fingerprint density at radius 2 is 1.87 bits per heavy atom. The summed E-state index contributed by atoms with van der Waals surface area (Å²) in [6.45, 7) is 20.9. The highest BCUT2D eigenvalue weighted by atomic mass is 16.8. The van der Waals surface area contributed by atoms with E-state index in [2.05, 4.69) is 38.6 Å². The molecule has 3 heterocycles. The topological polar surface area (TPSA) is 172 Å². The van der Waals surface area contributed by atoms with Crippen LogP contribution in [0.2, 0.25) is 0 Å². The molecule has 1 aromatic carbocycles. The molecule has 3 aromatic rings. The molecule has 0 radical (unpaired) electrons. The first-order chi connectivity index (χ1) is 24.9. The number of aromatic nitrogens is 4. The molecule has 14 nitrogen and oxygen atoms in total. The van der Waals surface area contributed by atoms with Gasteiger partial charge in [0, 0.05) is 23.9 Å². The second kappa shape index (κ2) is 17.7. The van der Waals surface area contributed by atoms with E-state index >= 15 is 0 Å². The van der Waals surface area contributed by atoms with Gasteiger partial charge in [0.1, 0.15) is 6.61 Å². The van der Waals surface area contributed by atoms with Gasteiger partial charge in [0.15, 0.2) is 5.82 Å². The number of rotatable bonds is 14. The van der Waals surface area contributed by atoms with Crippen molar-refractivity contribution in [1.29, 1.82) is 0 Å². The van der Waals surface area contributed by atoms with Crippen molar-refractivity contribution in [2.75, 3.05) is 13.2 Å². The number of esters is 1. The Kier molecular flexibility index (Phi) is 13.1. The number of carbonyl (C=O) groups is 2. The van der Waals surface area contributed by atoms with Gasteiger partial charge in [0.25, 0.3) is 6.01 Å². The monoisotopic (exact) mass is 712 g/mol. The van der Waals surface area contributed by atoms with Crippen LogP contribution in [0.15, 0.2) is 86.9 Å². The van der Waals surface area contributed by atoms with E-state index in [1.54, 1.807) is 35.8 Å². The van der Waals surface area contributed by atoms with Gasteiger partial charge in [-0.15, -0.1) is 0 Å². The van der Waals surface area contributed by atoms with Gasteiger partial charge >= 0.3 is 17.9 Å². The number of allylic oxidation sites excluding steroid dienone is 7. The van der Waals surface area contributed by atoms with Crippen molar-refractivity contribution in [2.24, 2.45) is 4.99 Å². The molecule has 0 fully saturated rings. The molecular formula is C38H44N6O8. The SMILES string of the molecule is C=C/C=C(\C(=C/C)c1ccc(Cn2c(OCC)nc(=C)/c2=C(\C=C/C)C(=O)OC(C)OC(=O)OCC2=C(C)NC(C)C(C)=N2)cc1)c1noc(=O)[nH]1. The number of nitrogens with zero attached hydrogens (tertiary/aromatic N) is 4. The summed E-state index contributed by atoms with van der Waals surface area (Å²) in [5.41, 5.74) is 5.44. The first kappa shape index (κ1) is 38.6. The van der Waals surface area contributed by atoms with Crippen LogP contribution in [0.5, 0.6) is 6.01 Å². The summed E-state index contributed by atoms with van der Waals surface area (Å²) in [6, 6.07) is 8.00. The van der Waals surface area contributed by atoms with E-state index in [1.807, 2.05) is 65.0 Å². The van der Waals surface area contributed by atoms with Gasteiger partial charge in [0.2, 0.25) is 6.29 Å². The number of carbonyl (C=O) groups excluding carboxylic acids is 2. The Balaban J connectivity index is 1.58. The van der Waals surface area contributed by atoms with E-state index in [0.717, 1.165) is 28.1 Å². The first-order valence-electron chi connectivity index (χ1n) is 16.7. The fourth-order valence-corrected chi connectivity index (χ4v) is 5.37. The number of nitrogens with one attached hydrogen (secondary N) is 2. The normalized spacial score (nSPS) is 16.2. The first-order valence-corrected chi connectivity index (χ1v) is 16.7. The lowest BCUT2D eigenvalue weighted by Gasteiger charge is -2.23. The molecule has 0 aliphatic carbocycles. The Morgan fingerprint density at radius 3 is 2.48 bits per heavy atom. The molecule has 0 saturated carbocycles. The summed E-state index contributed by atoms with van der Waals surface area (Å²) in [7, 11) is 0. The van der Waals surface area contributed by atoms with Crippen LogP contribution in [-0.2, 0) is 25.5 Å². The number of imidazole rings is 1. The average molecular weight is 713 g/mol. The summed E-state index contributed by atoms with van der Waals surface area (Å²) in [5.74, 6) is -1.17. The van der Waals surface area contributed by atoms with Gasteiger partial charge in [-0.1, -0.05) is 66.9 Å². The average Bonchev–Trinajstić information content (AvgIpc) is 3.66. The zero-order valence-corrected chi connectivity index (χ0v) is 30.4. The molecule has 2 atom stereocenters. The Hall–Kier alpha value is -6.18. The third kappa shape index (κ3) is 9.33. The number of benzene rings is 1. The number of aromatic amines is 1. The molecule has 1 aliphatic heterocycles. The minimum absolute atomic E-state index is 0.0781. The van der Waals surface area contributed by atoms with Crippen LogP contribution in [0.4, 0.5) is 4.79 Å². The molecular weight excluding hydrogens is 668 g/mol. The molecule has 1 aliphatic rings. The molecule has 274 valence electrons. The third-order valence-electron chi connectivity index (χ3n) is 7.92. The van der Waals surface area contributed by atoms with Crippen molar-refractivity contribution in [1.82, 2.24) is 25.0 Å².